The Kier molecular flexibility index (Phi) is 4.50. The Bertz CT molecular complexity index is 484. The minimum Gasteiger partial charge on any atom is -0.494 e. The van der Waals surface area contributed by atoms with E-state index < -0.39 is 15.7 Å². The quantitative estimate of drug-likeness (QED) is 0.607. The fourth-order valence-electron chi connectivity index (χ4n) is 2.34. The fraction of sp³-hybridized carbons (Fsp3) is 0.533. The minimum atomic E-state index is -1.22. The van der Waals surface area contributed by atoms with E-state index in [0.29, 0.717) is 12.2 Å². The van der Waals surface area contributed by atoms with Crippen LogP contribution in [0.25, 0.3) is 0 Å². The molecule has 1 N–H and O–H groups in total. The molecule has 110 valence electrons. The summed E-state index contributed by atoms with van der Waals surface area (Å²) in [5, 5.41) is 9.36. The second-order valence-corrected chi connectivity index (χ2v) is 6.66. The second kappa shape index (κ2) is 5.82. The van der Waals surface area contributed by atoms with E-state index in [1.54, 1.807) is 24.3 Å². The molecule has 1 aliphatic carbocycles. The van der Waals surface area contributed by atoms with Crippen molar-refractivity contribution in [1.82, 2.24) is 0 Å². The zero-order valence-electron chi connectivity index (χ0n) is 11.4. The third kappa shape index (κ3) is 2.75. The summed E-state index contributed by atoms with van der Waals surface area (Å²) in [6.07, 6.45) is 3.54. The van der Waals surface area contributed by atoms with E-state index in [1.165, 1.54) is 0 Å². The van der Waals surface area contributed by atoms with Crippen molar-refractivity contribution in [3.8, 4) is 5.75 Å². The zero-order chi connectivity index (χ0) is 14.8. The summed E-state index contributed by atoms with van der Waals surface area (Å²) in [6, 6.07) is 7.01. The van der Waals surface area contributed by atoms with Gasteiger partial charge in [-0.05, 0) is 24.1 Å². The number of carboxylic acid groups (broad SMARTS) is 1. The first-order chi connectivity index (χ1) is 9.44. The lowest BCUT2D eigenvalue weighted by Crippen LogP contribution is -2.26. The van der Waals surface area contributed by atoms with Gasteiger partial charge in [-0.3, -0.25) is 4.79 Å². The van der Waals surface area contributed by atoms with Gasteiger partial charge in [0.2, 0.25) is 0 Å². The van der Waals surface area contributed by atoms with Crippen LogP contribution in [0.1, 0.15) is 38.2 Å². The molecule has 0 aromatic heterocycles. The SMILES string of the molecule is CCCCCOc1ccc(C2(C(=O)O)CC2(Cl)Cl)cc1. The number of carbonyl (C=O) groups is 1. The van der Waals surface area contributed by atoms with Crippen molar-refractivity contribution >= 4 is 29.2 Å². The molecule has 1 aromatic rings. The topological polar surface area (TPSA) is 46.5 Å². The maximum absolute atomic E-state index is 11.4. The second-order valence-electron chi connectivity index (χ2n) is 5.17. The number of unbranched alkanes of at least 4 members (excludes halogenated alkanes) is 2. The summed E-state index contributed by atoms with van der Waals surface area (Å²) >= 11 is 12.0. The number of ether oxygens (including phenoxy) is 1. The van der Waals surface area contributed by atoms with Crippen molar-refractivity contribution in [1.29, 1.82) is 0 Å². The highest BCUT2D eigenvalue weighted by Crippen LogP contribution is 2.65. The molecule has 1 aliphatic rings. The molecule has 0 aliphatic heterocycles. The van der Waals surface area contributed by atoms with Gasteiger partial charge in [-0.1, -0.05) is 55.1 Å². The molecule has 3 nitrogen and oxygen atoms in total. The lowest BCUT2D eigenvalue weighted by molar-refractivity contribution is -0.140. The van der Waals surface area contributed by atoms with Crippen LogP contribution in [0, 0.1) is 0 Å². The van der Waals surface area contributed by atoms with Crippen LogP contribution in [0.15, 0.2) is 24.3 Å². The lowest BCUT2D eigenvalue weighted by atomic mass is 9.96. The number of halogens is 2. The molecule has 0 bridgehead atoms. The first kappa shape index (κ1) is 15.5. The van der Waals surface area contributed by atoms with E-state index in [-0.39, 0.29) is 6.42 Å². The predicted molar refractivity (Wildman–Crippen MR) is 79.8 cm³/mol. The fourth-order valence-corrected chi connectivity index (χ4v) is 3.12. The van der Waals surface area contributed by atoms with Crippen LogP contribution in [0.2, 0.25) is 0 Å². The Labute approximate surface area is 128 Å². The van der Waals surface area contributed by atoms with Crippen molar-refractivity contribution in [3.05, 3.63) is 29.8 Å². The van der Waals surface area contributed by atoms with E-state index in [1.807, 2.05) is 0 Å². The molecule has 1 saturated carbocycles. The molecular formula is C15H18Cl2O3. The molecule has 20 heavy (non-hydrogen) atoms. The van der Waals surface area contributed by atoms with E-state index in [0.717, 1.165) is 25.0 Å². The smallest absolute Gasteiger partial charge is 0.317 e. The normalized spacial score (nSPS) is 23.4. The summed E-state index contributed by atoms with van der Waals surface area (Å²) in [7, 11) is 0. The van der Waals surface area contributed by atoms with Crippen LogP contribution in [0.3, 0.4) is 0 Å². The Morgan fingerprint density at radius 2 is 1.90 bits per heavy atom. The molecule has 0 saturated heterocycles. The summed E-state index contributed by atoms with van der Waals surface area (Å²) in [5.74, 6) is -0.250. The van der Waals surface area contributed by atoms with Gasteiger partial charge in [0.15, 0.2) is 0 Å². The van der Waals surface area contributed by atoms with Crippen molar-refractivity contribution in [3.63, 3.8) is 0 Å². The molecular weight excluding hydrogens is 299 g/mol. The van der Waals surface area contributed by atoms with Crippen LogP contribution < -0.4 is 4.74 Å². The third-order valence-electron chi connectivity index (χ3n) is 3.72. The minimum absolute atomic E-state index is 0.231. The Morgan fingerprint density at radius 1 is 1.30 bits per heavy atom. The van der Waals surface area contributed by atoms with Crippen molar-refractivity contribution in [2.24, 2.45) is 0 Å². The average molecular weight is 317 g/mol. The predicted octanol–water partition coefficient (Wildman–Crippen LogP) is 4.16. The zero-order valence-corrected chi connectivity index (χ0v) is 12.9. The molecule has 0 radical (unpaired) electrons. The van der Waals surface area contributed by atoms with Gasteiger partial charge in [0.05, 0.1) is 6.61 Å². The Balaban J connectivity index is 2.03. The summed E-state index contributed by atoms with van der Waals surface area (Å²) < 4.78 is 4.38. The maximum atomic E-state index is 11.4. The monoisotopic (exact) mass is 316 g/mol. The van der Waals surface area contributed by atoms with Gasteiger partial charge in [0.1, 0.15) is 15.5 Å². The Hall–Kier alpha value is -0.930. The number of benzene rings is 1. The summed E-state index contributed by atoms with van der Waals surface area (Å²) in [5.41, 5.74) is -0.562. The van der Waals surface area contributed by atoms with E-state index in [4.69, 9.17) is 27.9 Å². The van der Waals surface area contributed by atoms with Gasteiger partial charge in [-0.2, -0.15) is 0 Å². The number of hydrogen-bond donors (Lipinski definition) is 1. The highest BCUT2D eigenvalue weighted by molar-refractivity contribution is 6.54. The largest absolute Gasteiger partial charge is 0.494 e. The van der Waals surface area contributed by atoms with E-state index in [2.05, 4.69) is 6.92 Å². The Morgan fingerprint density at radius 3 is 2.35 bits per heavy atom. The van der Waals surface area contributed by atoms with Gasteiger partial charge in [0, 0.05) is 6.42 Å². The average Bonchev–Trinajstić information content (AvgIpc) is 3.00. The van der Waals surface area contributed by atoms with Crippen LogP contribution in [0.4, 0.5) is 0 Å². The number of rotatable bonds is 7. The number of carboxylic acids is 1. The van der Waals surface area contributed by atoms with Crippen LogP contribution in [-0.4, -0.2) is 22.0 Å². The standard InChI is InChI=1S/C15H18Cl2O3/c1-2-3-4-9-20-12-7-5-11(6-8-12)14(13(18)19)10-15(14,16)17/h5-8H,2-4,9-10H2,1H3,(H,18,19). The van der Waals surface area contributed by atoms with Gasteiger partial charge in [0.25, 0.3) is 0 Å². The molecule has 1 atom stereocenters. The molecule has 1 aromatic carbocycles. The molecule has 1 fully saturated rings. The maximum Gasteiger partial charge on any atom is 0.317 e. The van der Waals surface area contributed by atoms with Gasteiger partial charge < -0.3 is 9.84 Å². The van der Waals surface area contributed by atoms with Gasteiger partial charge in [-0.15, -0.1) is 0 Å². The van der Waals surface area contributed by atoms with E-state index >= 15 is 0 Å². The third-order valence-corrected chi connectivity index (χ3v) is 4.63. The summed E-state index contributed by atoms with van der Waals surface area (Å²) in [4.78, 5) is 11.4. The van der Waals surface area contributed by atoms with Crippen molar-refractivity contribution in [2.75, 3.05) is 6.61 Å². The molecule has 0 heterocycles. The van der Waals surface area contributed by atoms with Crippen molar-refractivity contribution < 1.29 is 14.6 Å². The first-order valence-electron chi connectivity index (χ1n) is 6.78. The molecule has 1 unspecified atom stereocenters. The molecule has 5 heteroatoms. The van der Waals surface area contributed by atoms with Crippen molar-refractivity contribution in [2.45, 2.75) is 42.4 Å². The first-order valence-corrected chi connectivity index (χ1v) is 7.54. The lowest BCUT2D eigenvalue weighted by Gasteiger charge is -2.14. The van der Waals surface area contributed by atoms with Gasteiger partial charge in [-0.25, -0.2) is 0 Å². The van der Waals surface area contributed by atoms with E-state index in [9.17, 15) is 9.90 Å². The highest BCUT2D eigenvalue weighted by atomic mass is 35.5. The van der Waals surface area contributed by atoms with Crippen LogP contribution in [0.5, 0.6) is 5.75 Å². The van der Waals surface area contributed by atoms with Crippen LogP contribution in [-0.2, 0) is 10.2 Å². The molecule has 0 amide bonds. The summed E-state index contributed by atoms with van der Waals surface area (Å²) in [6.45, 7) is 2.81. The number of alkyl halides is 2. The number of hydrogen-bond acceptors (Lipinski definition) is 2. The molecule has 0 spiro atoms. The highest BCUT2D eigenvalue weighted by Gasteiger charge is 2.72. The van der Waals surface area contributed by atoms with Crippen LogP contribution >= 0.6 is 23.2 Å². The molecule has 2 rings (SSSR count). The van der Waals surface area contributed by atoms with Gasteiger partial charge >= 0.3 is 5.97 Å². The number of aliphatic carboxylic acids is 1.